The van der Waals surface area contributed by atoms with Crippen LogP contribution in [-0.4, -0.2) is 28.4 Å². The molecule has 1 saturated heterocycles. The van der Waals surface area contributed by atoms with Crippen molar-refractivity contribution in [2.24, 2.45) is 13.0 Å². The number of nitrogens with zero attached hydrogens (tertiary/aromatic N) is 2. The van der Waals surface area contributed by atoms with Gasteiger partial charge in [0, 0.05) is 31.9 Å². The van der Waals surface area contributed by atoms with E-state index in [1.165, 1.54) is 51.5 Å². The van der Waals surface area contributed by atoms with Crippen LogP contribution in [0.2, 0.25) is 0 Å². The van der Waals surface area contributed by atoms with Gasteiger partial charge in [0.15, 0.2) is 0 Å². The molecule has 2 fully saturated rings. The lowest BCUT2D eigenvalue weighted by Gasteiger charge is -2.40. The van der Waals surface area contributed by atoms with E-state index < -0.39 is 0 Å². The summed E-state index contributed by atoms with van der Waals surface area (Å²) in [7, 11) is 1.98. The highest BCUT2D eigenvalue weighted by atomic mass is 15.3. The third kappa shape index (κ3) is 3.41. The highest BCUT2D eigenvalue weighted by Crippen LogP contribution is 2.30. The molecule has 3 rings (SSSR count). The molecule has 3 atom stereocenters. The highest BCUT2D eigenvalue weighted by molar-refractivity contribution is 4.99. The van der Waals surface area contributed by atoms with E-state index >= 15 is 0 Å². The maximum atomic E-state index is 4.47. The van der Waals surface area contributed by atoms with Crippen molar-refractivity contribution >= 4 is 0 Å². The maximum Gasteiger partial charge on any atom is 0.0762 e. The number of hydrogen-bond donors (Lipinski definition) is 2. The molecule has 3 unspecified atom stereocenters. The van der Waals surface area contributed by atoms with Crippen LogP contribution in [0.4, 0.5) is 0 Å². The molecule has 0 aromatic carbocycles. The Kier molecular flexibility index (Phi) is 4.73. The number of aromatic nitrogens is 2. The maximum absolute atomic E-state index is 4.47. The van der Waals surface area contributed by atoms with E-state index in [0.717, 1.165) is 24.2 Å². The van der Waals surface area contributed by atoms with Crippen LogP contribution < -0.4 is 10.6 Å². The fourth-order valence-electron chi connectivity index (χ4n) is 3.93. The summed E-state index contributed by atoms with van der Waals surface area (Å²) in [5.41, 5.74) is 1.16. The summed E-state index contributed by atoms with van der Waals surface area (Å²) in [5.74, 6) is 0.813. The molecule has 1 aromatic heterocycles. The third-order valence-electron chi connectivity index (χ3n) is 5.00. The minimum atomic E-state index is 0.668. The summed E-state index contributed by atoms with van der Waals surface area (Å²) in [5, 5.41) is 12.0. The first-order valence-electron chi connectivity index (χ1n) is 8.28. The molecule has 0 radical (unpaired) electrons. The van der Waals surface area contributed by atoms with Gasteiger partial charge in [-0.25, -0.2) is 0 Å². The lowest BCUT2D eigenvalue weighted by Crippen LogP contribution is -2.50. The van der Waals surface area contributed by atoms with E-state index in [4.69, 9.17) is 0 Å². The summed E-state index contributed by atoms with van der Waals surface area (Å²) in [6.07, 6.45) is 11.7. The van der Waals surface area contributed by atoms with Gasteiger partial charge in [0.25, 0.3) is 0 Å². The number of piperidine rings is 1. The van der Waals surface area contributed by atoms with Crippen LogP contribution >= 0.6 is 0 Å². The molecule has 4 heteroatoms. The molecule has 4 nitrogen and oxygen atoms in total. The molecule has 1 aliphatic heterocycles. The Hall–Kier alpha value is -0.870. The van der Waals surface area contributed by atoms with Gasteiger partial charge < -0.3 is 10.6 Å². The van der Waals surface area contributed by atoms with Gasteiger partial charge in [0.05, 0.1) is 5.69 Å². The van der Waals surface area contributed by atoms with Crippen LogP contribution in [0.1, 0.15) is 50.6 Å². The lowest BCUT2D eigenvalue weighted by atomic mass is 9.77. The van der Waals surface area contributed by atoms with Crippen molar-refractivity contribution < 1.29 is 0 Å². The summed E-state index contributed by atoms with van der Waals surface area (Å²) < 4.78 is 1.89. The Morgan fingerprint density at radius 2 is 2.10 bits per heavy atom. The molecular weight excluding hydrogens is 248 g/mol. The molecular formula is C16H28N4. The summed E-state index contributed by atoms with van der Waals surface area (Å²) in [4.78, 5) is 0. The fourth-order valence-corrected chi connectivity index (χ4v) is 3.93. The third-order valence-corrected chi connectivity index (χ3v) is 5.00. The van der Waals surface area contributed by atoms with Crippen LogP contribution in [0.3, 0.4) is 0 Å². The molecule has 0 amide bonds. The molecule has 2 heterocycles. The molecule has 0 bridgehead atoms. The normalized spacial score (nSPS) is 31.4. The van der Waals surface area contributed by atoms with E-state index in [0.29, 0.717) is 6.04 Å². The van der Waals surface area contributed by atoms with Gasteiger partial charge in [-0.1, -0.05) is 19.3 Å². The number of nitrogens with one attached hydrogen (secondary N) is 2. The Bertz CT molecular complexity index is 408. The van der Waals surface area contributed by atoms with Crippen molar-refractivity contribution in [1.82, 2.24) is 20.4 Å². The first-order chi connectivity index (χ1) is 9.83. The SMILES string of the molecule is Cn1ccc(CNC2CCCCC2C2CCCCN2)n1. The average molecular weight is 276 g/mol. The van der Waals surface area contributed by atoms with E-state index in [-0.39, 0.29) is 0 Å². The van der Waals surface area contributed by atoms with E-state index in [1.807, 2.05) is 17.9 Å². The van der Waals surface area contributed by atoms with Crippen molar-refractivity contribution in [2.75, 3.05) is 6.54 Å². The Labute approximate surface area is 122 Å². The Balaban J connectivity index is 1.57. The first-order valence-corrected chi connectivity index (χ1v) is 8.28. The average Bonchev–Trinajstić information content (AvgIpc) is 2.92. The quantitative estimate of drug-likeness (QED) is 0.886. The van der Waals surface area contributed by atoms with Crippen molar-refractivity contribution in [3.63, 3.8) is 0 Å². The molecule has 1 aromatic rings. The van der Waals surface area contributed by atoms with Gasteiger partial charge in [-0.15, -0.1) is 0 Å². The van der Waals surface area contributed by atoms with Crippen LogP contribution in [0.5, 0.6) is 0 Å². The van der Waals surface area contributed by atoms with Crippen molar-refractivity contribution in [1.29, 1.82) is 0 Å². The molecule has 112 valence electrons. The van der Waals surface area contributed by atoms with Crippen LogP contribution in [0.15, 0.2) is 12.3 Å². The fraction of sp³-hybridized carbons (Fsp3) is 0.812. The first kappa shape index (κ1) is 14.1. The van der Waals surface area contributed by atoms with E-state index in [9.17, 15) is 0 Å². The molecule has 20 heavy (non-hydrogen) atoms. The zero-order valence-electron chi connectivity index (χ0n) is 12.6. The Morgan fingerprint density at radius 1 is 1.25 bits per heavy atom. The standard InChI is InChI=1S/C16H28N4/c1-20-11-9-13(19-20)12-18-16-7-3-2-6-14(16)15-8-4-5-10-17-15/h9,11,14-18H,2-8,10,12H2,1H3. The van der Waals surface area contributed by atoms with Gasteiger partial charge in [-0.3, -0.25) is 4.68 Å². The summed E-state index contributed by atoms with van der Waals surface area (Å²) >= 11 is 0. The highest BCUT2D eigenvalue weighted by Gasteiger charge is 2.32. The smallest absolute Gasteiger partial charge is 0.0762 e. The van der Waals surface area contributed by atoms with E-state index in [1.54, 1.807) is 0 Å². The number of rotatable bonds is 4. The summed E-state index contributed by atoms with van der Waals surface area (Å²) in [6, 6.07) is 3.52. The van der Waals surface area contributed by atoms with Gasteiger partial charge in [0.2, 0.25) is 0 Å². The van der Waals surface area contributed by atoms with E-state index in [2.05, 4.69) is 21.8 Å². The van der Waals surface area contributed by atoms with Crippen molar-refractivity contribution in [3.8, 4) is 0 Å². The Morgan fingerprint density at radius 3 is 2.85 bits per heavy atom. The predicted octanol–water partition coefficient (Wildman–Crippen LogP) is 2.21. The second-order valence-corrected chi connectivity index (χ2v) is 6.47. The van der Waals surface area contributed by atoms with Crippen LogP contribution in [-0.2, 0) is 13.6 Å². The second kappa shape index (κ2) is 6.72. The molecule has 0 spiro atoms. The second-order valence-electron chi connectivity index (χ2n) is 6.47. The van der Waals surface area contributed by atoms with Crippen LogP contribution in [0, 0.1) is 5.92 Å². The number of aryl methyl sites for hydroxylation is 1. The topological polar surface area (TPSA) is 41.9 Å². The largest absolute Gasteiger partial charge is 0.314 e. The van der Waals surface area contributed by atoms with Gasteiger partial charge in [-0.05, 0) is 44.2 Å². The van der Waals surface area contributed by atoms with Gasteiger partial charge in [0.1, 0.15) is 0 Å². The molecule has 2 aliphatic rings. The van der Waals surface area contributed by atoms with Gasteiger partial charge >= 0.3 is 0 Å². The molecule has 1 aliphatic carbocycles. The monoisotopic (exact) mass is 276 g/mol. The van der Waals surface area contributed by atoms with Crippen LogP contribution in [0.25, 0.3) is 0 Å². The molecule has 1 saturated carbocycles. The number of hydrogen-bond acceptors (Lipinski definition) is 3. The summed E-state index contributed by atoms with van der Waals surface area (Å²) in [6.45, 7) is 2.13. The molecule has 2 N–H and O–H groups in total. The predicted molar refractivity (Wildman–Crippen MR) is 81.4 cm³/mol. The van der Waals surface area contributed by atoms with Crippen molar-refractivity contribution in [2.45, 2.75) is 63.6 Å². The zero-order chi connectivity index (χ0) is 13.8. The van der Waals surface area contributed by atoms with Gasteiger partial charge in [-0.2, -0.15) is 5.10 Å². The minimum Gasteiger partial charge on any atom is -0.314 e. The minimum absolute atomic E-state index is 0.668. The lowest BCUT2D eigenvalue weighted by molar-refractivity contribution is 0.180. The zero-order valence-corrected chi connectivity index (χ0v) is 12.6. The van der Waals surface area contributed by atoms with Crippen molar-refractivity contribution in [3.05, 3.63) is 18.0 Å².